The van der Waals surface area contributed by atoms with Gasteiger partial charge in [0, 0.05) is 13.7 Å². The molecule has 4 heteroatoms. The summed E-state index contributed by atoms with van der Waals surface area (Å²) in [6.07, 6.45) is 5.11. The molecule has 0 bridgehead atoms. The monoisotopic (exact) mass is 287 g/mol. The van der Waals surface area contributed by atoms with Crippen LogP contribution in [-0.2, 0) is 14.2 Å². The van der Waals surface area contributed by atoms with E-state index in [4.69, 9.17) is 14.2 Å². The van der Waals surface area contributed by atoms with Gasteiger partial charge in [-0.1, -0.05) is 19.8 Å². The largest absolute Gasteiger partial charge is 0.379 e. The van der Waals surface area contributed by atoms with Crippen LogP contribution in [0.2, 0.25) is 0 Å². The SMILES string of the molecule is COC(C)(C)CCCC(C)CCNCC1COCCO1. The Hall–Kier alpha value is -0.160. The minimum atomic E-state index is 0.0241. The van der Waals surface area contributed by atoms with Crippen LogP contribution in [0.4, 0.5) is 0 Å². The zero-order chi connectivity index (χ0) is 14.8. The molecule has 1 aliphatic rings. The lowest BCUT2D eigenvalue weighted by Gasteiger charge is -2.24. The number of ether oxygens (including phenoxy) is 3. The Bertz CT molecular complexity index is 240. The van der Waals surface area contributed by atoms with Gasteiger partial charge in [0.15, 0.2) is 0 Å². The van der Waals surface area contributed by atoms with Crippen molar-refractivity contribution in [3.63, 3.8) is 0 Å². The average Bonchev–Trinajstić information content (AvgIpc) is 2.44. The third kappa shape index (κ3) is 8.20. The van der Waals surface area contributed by atoms with Crippen LogP contribution in [0.3, 0.4) is 0 Å². The zero-order valence-electron chi connectivity index (χ0n) is 13.7. The molecule has 1 saturated heterocycles. The lowest BCUT2D eigenvalue weighted by Crippen LogP contribution is -2.37. The Morgan fingerprint density at radius 1 is 1.30 bits per heavy atom. The second kappa shape index (κ2) is 9.72. The molecule has 0 saturated carbocycles. The van der Waals surface area contributed by atoms with Crippen LogP contribution in [0, 0.1) is 5.92 Å². The number of nitrogens with one attached hydrogen (secondary N) is 1. The molecule has 1 aliphatic heterocycles. The summed E-state index contributed by atoms with van der Waals surface area (Å²) in [6, 6.07) is 0. The Labute approximate surface area is 124 Å². The van der Waals surface area contributed by atoms with Gasteiger partial charge in [-0.3, -0.25) is 0 Å². The molecule has 4 nitrogen and oxygen atoms in total. The van der Waals surface area contributed by atoms with Gasteiger partial charge in [0.2, 0.25) is 0 Å². The van der Waals surface area contributed by atoms with Crippen molar-refractivity contribution in [1.82, 2.24) is 5.32 Å². The first kappa shape index (κ1) is 17.9. The molecular weight excluding hydrogens is 254 g/mol. The third-order valence-electron chi connectivity index (χ3n) is 4.10. The van der Waals surface area contributed by atoms with E-state index in [2.05, 4.69) is 26.1 Å². The van der Waals surface area contributed by atoms with Crippen LogP contribution < -0.4 is 5.32 Å². The van der Waals surface area contributed by atoms with Gasteiger partial charge in [-0.25, -0.2) is 0 Å². The number of hydrogen-bond donors (Lipinski definition) is 1. The molecular formula is C16H33NO3. The maximum Gasteiger partial charge on any atom is 0.0933 e. The van der Waals surface area contributed by atoms with E-state index in [-0.39, 0.29) is 11.7 Å². The van der Waals surface area contributed by atoms with Crippen LogP contribution in [0.15, 0.2) is 0 Å². The highest BCUT2D eigenvalue weighted by molar-refractivity contribution is 4.69. The highest BCUT2D eigenvalue weighted by Crippen LogP contribution is 2.20. The first-order valence-corrected chi connectivity index (χ1v) is 7.99. The van der Waals surface area contributed by atoms with Gasteiger partial charge in [0.1, 0.15) is 0 Å². The molecule has 0 spiro atoms. The highest BCUT2D eigenvalue weighted by Gasteiger charge is 2.16. The van der Waals surface area contributed by atoms with E-state index in [1.807, 2.05) is 0 Å². The second-order valence-electron chi connectivity index (χ2n) is 6.52. The maximum absolute atomic E-state index is 5.60. The van der Waals surface area contributed by atoms with Gasteiger partial charge in [0.05, 0.1) is 31.5 Å². The van der Waals surface area contributed by atoms with Gasteiger partial charge in [-0.05, 0) is 39.2 Å². The summed E-state index contributed by atoms with van der Waals surface area (Å²) in [7, 11) is 1.80. The molecule has 0 amide bonds. The van der Waals surface area contributed by atoms with Crippen molar-refractivity contribution in [2.24, 2.45) is 5.92 Å². The first-order valence-electron chi connectivity index (χ1n) is 7.99. The van der Waals surface area contributed by atoms with Crippen LogP contribution in [-0.4, -0.2) is 51.7 Å². The Morgan fingerprint density at radius 3 is 2.75 bits per heavy atom. The Kier molecular flexibility index (Phi) is 8.69. The number of methoxy groups -OCH3 is 1. The Balaban J connectivity index is 1.95. The summed E-state index contributed by atoms with van der Waals surface area (Å²) in [4.78, 5) is 0. The fourth-order valence-electron chi connectivity index (χ4n) is 2.39. The molecule has 1 fully saturated rings. The van der Waals surface area contributed by atoms with E-state index in [1.54, 1.807) is 7.11 Å². The minimum absolute atomic E-state index is 0.0241. The predicted octanol–water partition coefficient (Wildman–Crippen LogP) is 2.61. The predicted molar refractivity (Wildman–Crippen MR) is 82.1 cm³/mol. The van der Waals surface area contributed by atoms with Gasteiger partial charge < -0.3 is 19.5 Å². The molecule has 1 heterocycles. The van der Waals surface area contributed by atoms with E-state index in [0.717, 1.165) is 45.2 Å². The molecule has 1 N–H and O–H groups in total. The Morgan fingerprint density at radius 2 is 2.10 bits per heavy atom. The summed E-state index contributed by atoms with van der Waals surface area (Å²) in [5, 5.41) is 3.47. The average molecular weight is 287 g/mol. The van der Waals surface area contributed by atoms with Gasteiger partial charge in [-0.15, -0.1) is 0 Å². The van der Waals surface area contributed by atoms with Crippen molar-refractivity contribution < 1.29 is 14.2 Å². The van der Waals surface area contributed by atoms with E-state index >= 15 is 0 Å². The first-order chi connectivity index (χ1) is 9.53. The van der Waals surface area contributed by atoms with E-state index in [1.165, 1.54) is 19.3 Å². The topological polar surface area (TPSA) is 39.7 Å². The van der Waals surface area contributed by atoms with Gasteiger partial charge in [0.25, 0.3) is 0 Å². The van der Waals surface area contributed by atoms with Crippen LogP contribution in [0.25, 0.3) is 0 Å². The summed E-state index contributed by atoms with van der Waals surface area (Å²) >= 11 is 0. The normalized spacial score (nSPS) is 21.9. The van der Waals surface area contributed by atoms with Crippen molar-refractivity contribution >= 4 is 0 Å². The molecule has 20 heavy (non-hydrogen) atoms. The maximum atomic E-state index is 5.60. The summed E-state index contributed by atoms with van der Waals surface area (Å²) in [5.74, 6) is 0.763. The molecule has 2 atom stereocenters. The van der Waals surface area contributed by atoms with Gasteiger partial charge in [-0.2, -0.15) is 0 Å². The van der Waals surface area contributed by atoms with Crippen molar-refractivity contribution in [2.75, 3.05) is 40.0 Å². The van der Waals surface area contributed by atoms with Crippen LogP contribution in [0.5, 0.6) is 0 Å². The summed E-state index contributed by atoms with van der Waals surface area (Å²) in [5.41, 5.74) is 0.0241. The fraction of sp³-hybridized carbons (Fsp3) is 1.00. The van der Waals surface area contributed by atoms with E-state index in [0.29, 0.717) is 0 Å². The molecule has 120 valence electrons. The molecule has 1 rings (SSSR count). The quantitative estimate of drug-likeness (QED) is 0.627. The fourth-order valence-corrected chi connectivity index (χ4v) is 2.39. The third-order valence-corrected chi connectivity index (χ3v) is 4.10. The van der Waals surface area contributed by atoms with Crippen molar-refractivity contribution in [2.45, 2.75) is 58.2 Å². The van der Waals surface area contributed by atoms with E-state index < -0.39 is 0 Å². The highest BCUT2D eigenvalue weighted by atomic mass is 16.6. The standard InChI is InChI=1S/C16H33NO3/c1-14(6-5-8-16(2,3)18-4)7-9-17-12-15-13-19-10-11-20-15/h14-15,17H,5-13H2,1-4H3. The lowest BCUT2D eigenvalue weighted by atomic mass is 9.95. The molecule has 0 aromatic heterocycles. The molecule has 0 aromatic rings. The van der Waals surface area contributed by atoms with Crippen molar-refractivity contribution in [3.05, 3.63) is 0 Å². The van der Waals surface area contributed by atoms with Crippen molar-refractivity contribution in [1.29, 1.82) is 0 Å². The smallest absolute Gasteiger partial charge is 0.0933 e. The van der Waals surface area contributed by atoms with Gasteiger partial charge >= 0.3 is 0 Å². The van der Waals surface area contributed by atoms with Crippen LogP contribution >= 0.6 is 0 Å². The van der Waals surface area contributed by atoms with E-state index in [9.17, 15) is 0 Å². The molecule has 2 unspecified atom stereocenters. The molecule has 0 radical (unpaired) electrons. The lowest BCUT2D eigenvalue weighted by molar-refractivity contribution is -0.0863. The van der Waals surface area contributed by atoms with Crippen molar-refractivity contribution in [3.8, 4) is 0 Å². The second-order valence-corrected chi connectivity index (χ2v) is 6.52. The number of rotatable bonds is 10. The molecule has 0 aromatic carbocycles. The zero-order valence-corrected chi connectivity index (χ0v) is 13.7. The van der Waals surface area contributed by atoms with Crippen LogP contribution in [0.1, 0.15) is 46.5 Å². The molecule has 0 aliphatic carbocycles. The minimum Gasteiger partial charge on any atom is -0.379 e. The summed E-state index contributed by atoms with van der Waals surface area (Å²) in [6.45, 7) is 10.8. The number of hydrogen-bond acceptors (Lipinski definition) is 4. The summed E-state index contributed by atoms with van der Waals surface area (Å²) < 4.78 is 16.4.